The van der Waals surface area contributed by atoms with E-state index in [-0.39, 0.29) is 16.8 Å². The lowest BCUT2D eigenvalue weighted by molar-refractivity contribution is -0.0442. The molecule has 4 aliphatic heterocycles. The molecule has 6 rings (SSSR count). The number of methoxy groups -OCH3 is 1. The van der Waals surface area contributed by atoms with Crippen molar-refractivity contribution in [2.45, 2.75) is 62.0 Å². The van der Waals surface area contributed by atoms with Crippen LogP contribution in [0, 0.1) is 24.2 Å². The van der Waals surface area contributed by atoms with Crippen molar-refractivity contribution < 1.29 is 8.95 Å². The SMILES string of the molecule is COc1cc(NC2CC3CCC4(S(=O)N5CC(C#N)C5)CC(C2)N34)nc(Nc2ncc(C)s2)n1. The molecule has 6 heterocycles. The van der Waals surface area contributed by atoms with Gasteiger partial charge in [-0.2, -0.15) is 15.2 Å². The fraction of sp³-hybridized carbons (Fsp3) is 0.636. The second-order valence-corrected chi connectivity index (χ2v) is 12.7. The van der Waals surface area contributed by atoms with Crippen molar-refractivity contribution in [1.82, 2.24) is 24.2 Å². The highest BCUT2D eigenvalue weighted by Gasteiger charge is 2.65. The molecule has 0 aliphatic carbocycles. The van der Waals surface area contributed by atoms with Crippen LogP contribution < -0.4 is 15.4 Å². The van der Waals surface area contributed by atoms with Crippen LogP contribution in [0.2, 0.25) is 0 Å². The van der Waals surface area contributed by atoms with Crippen LogP contribution in [0.25, 0.3) is 0 Å². The second-order valence-electron chi connectivity index (χ2n) is 9.66. The van der Waals surface area contributed by atoms with Crippen LogP contribution in [0.15, 0.2) is 12.3 Å². The zero-order valence-electron chi connectivity index (χ0n) is 19.2. The van der Waals surface area contributed by atoms with Gasteiger partial charge in [-0.3, -0.25) is 10.2 Å². The molecule has 5 atom stereocenters. The van der Waals surface area contributed by atoms with E-state index in [4.69, 9.17) is 10.00 Å². The Morgan fingerprint density at radius 3 is 2.88 bits per heavy atom. The van der Waals surface area contributed by atoms with Crippen molar-refractivity contribution in [3.63, 3.8) is 0 Å². The van der Waals surface area contributed by atoms with E-state index in [1.54, 1.807) is 18.4 Å². The van der Waals surface area contributed by atoms with Gasteiger partial charge in [-0.1, -0.05) is 0 Å². The number of ether oxygens (including phenoxy) is 1. The first-order valence-corrected chi connectivity index (χ1v) is 13.6. The first kappa shape index (κ1) is 22.2. The molecule has 2 N–H and O–H groups in total. The summed E-state index contributed by atoms with van der Waals surface area (Å²) < 4.78 is 20.8. The molecule has 180 valence electrons. The Morgan fingerprint density at radius 1 is 1.32 bits per heavy atom. The van der Waals surface area contributed by atoms with E-state index < -0.39 is 11.0 Å². The van der Waals surface area contributed by atoms with E-state index >= 15 is 0 Å². The Hall–Kier alpha value is -2.33. The molecule has 34 heavy (non-hydrogen) atoms. The summed E-state index contributed by atoms with van der Waals surface area (Å²) in [6.45, 7) is 3.30. The first-order chi connectivity index (χ1) is 16.5. The average molecular weight is 501 g/mol. The number of nitrogens with one attached hydrogen (secondary N) is 2. The summed E-state index contributed by atoms with van der Waals surface area (Å²) in [5.41, 5.74) is 0. The Balaban J connectivity index is 1.13. The number of rotatable bonds is 7. The monoisotopic (exact) mass is 500 g/mol. The number of piperidine rings is 1. The number of nitrogens with zero attached hydrogens (tertiary/aromatic N) is 6. The lowest BCUT2D eigenvalue weighted by Gasteiger charge is -2.60. The van der Waals surface area contributed by atoms with Crippen LogP contribution in [0.1, 0.15) is 37.0 Å². The highest BCUT2D eigenvalue weighted by atomic mass is 32.2. The number of hydrogen-bond donors (Lipinski definition) is 2. The summed E-state index contributed by atoms with van der Waals surface area (Å²) in [7, 11) is 0.572. The topological polar surface area (TPSA) is 119 Å². The fourth-order valence-corrected chi connectivity index (χ4v) is 8.88. The number of aromatic nitrogens is 3. The van der Waals surface area contributed by atoms with Crippen LogP contribution >= 0.6 is 11.3 Å². The molecule has 0 radical (unpaired) electrons. The van der Waals surface area contributed by atoms with Gasteiger partial charge in [0.05, 0.1) is 19.1 Å². The molecule has 10 nitrogen and oxygen atoms in total. The van der Waals surface area contributed by atoms with Crippen LogP contribution in [-0.2, 0) is 11.0 Å². The normalized spacial score (nSPS) is 31.6. The summed E-state index contributed by atoms with van der Waals surface area (Å²) in [5.74, 6) is 1.72. The summed E-state index contributed by atoms with van der Waals surface area (Å²) in [5, 5.41) is 16.6. The molecule has 5 unspecified atom stereocenters. The number of aryl methyl sites for hydroxylation is 1. The highest BCUT2D eigenvalue weighted by Crippen LogP contribution is 2.56. The van der Waals surface area contributed by atoms with Crippen molar-refractivity contribution in [3.8, 4) is 11.9 Å². The van der Waals surface area contributed by atoms with Crippen LogP contribution in [0.4, 0.5) is 16.9 Å². The minimum Gasteiger partial charge on any atom is -0.481 e. The fourth-order valence-electron chi connectivity index (χ4n) is 6.01. The van der Waals surface area contributed by atoms with E-state index in [1.165, 1.54) is 0 Å². The van der Waals surface area contributed by atoms with Gasteiger partial charge in [0.15, 0.2) is 5.13 Å². The van der Waals surface area contributed by atoms with Gasteiger partial charge < -0.3 is 10.1 Å². The van der Waals surface area contributed by atoms with Crippen molar-refractivity contribution in [3.05, 3.63) is 17.1 Å². The molecular formula is C22H28N8O2S2. The molecule has 2 aromatic heterocycles. The summed E-state index contributed by atoms with van der Waals surface area (Å²) in [6.07, 6.45) is 6.82. The minimum absolute atomic E-state index is 0.0345. The Kier molecular flexibility index (Phi) is 5.48. The van der Waals surface area contributed by atoms with Gasteiger partial charge in [0.2, 0.25) is 11.8 Å². The minimum atomic E-state index is -1.03. The summed E-state index contributed by atoms with van der Waals surface area (Å²) in [6, 6.07) is 5.28. The third-order valence-corrected chi connectivity index (χ3v) is 10.3. The van der Waals surface area contributed by atoms with Crippen molar-refractivity contribution in [1.29, 1.82) is 5.26 Å². The molecule has 0 aromatic carbocycles. The van der Waals surface area contributed by atoms with Gasteiger partial charge in [0.1, 0.15) is 21.7 Å². The predicted molar refractivity (Wildman–Crippen MR) is 130 cm³/mol. The smallest absolute Gasteiger partial charge is 0.234 e. The van der Waals surface area contributed by atoms with Crippen molar-refractivity contribution in [2.75, 3.05) is 30.8 Å². The van der Waals surface area contributed by atoms with E-state index in [0.29, 0.717) is 37.0 Å². The largest absolute Gasteiger partial charge is 0.481 e. The van der Waals surface area contributed by atoms with Gasteiger partial charge in [-0.25, -0.2) is 13.5 Å². The standard InChI is InChI=1S/C22H28N8O2S2/c1-13-10-24-21(33-13)28-20-26-18(7-19(27-20)32-2)25-15-5-16-3-4-22(8-17(6-15)30(16)22)34(31)29-11-14(9-23)12-29/h7,10,14-17H,3-6,8,11-12H2,1-2H3,(H2,24,25,26,27,28). The maximum absolute atomic E-state index is 13.4. The molecule has 2 aromatic rings. The predicted octanol–water partition coefficient (Wildman–Crippen LogP) is 2.62. The molecule has 0 bridgehead atoms. The number of hydrogen-bond acceptors (Lipinski definition) is 10. The molecular weight excluding hydrogens is 472 g/mol. The number of thiazole rings is 1. The average Bonchev–Trinajstić information content (AvgIpc) is 3.33. The third kappa shape index (κ3) is 3.66. The van der Waals surface area contributed by atoms with E-state index in [2.05, 4.69) is 36.6 Å². The maximum Gasteiger partial charge on any atom is 0.234 e. The second kappa shape index (κ2) is 8.41. The molecule has 4 fully saturated rings. The third-order valence-electron chi connectivity index (χ3n) is 7.49. The van der Waals surface area contributed by atoms with Crippen LogP contribution in [0.5, 0.6) is 5.88 Å². The summed E-state index contributed by atoms with van der Waals surface area (Å²) in [4.78, 5) is 16.9. The molecule has 4 saturated heterocycles. The van der Waals surface area contributed by atoms with E-state index in [9.17, 15) is 4.21 Å². The van der Waals surface area contributed by atoms with E-state index in [1.807, 2.05) is 23.5 Å². The Labute approximate surface area is 205 Å². The maximum atomic E-state index is 13.4. The van der Waals surface area contributed by atoms with Crippen LogP contribution in [-0.4, -0.2) is 71.6 Å². The molecule has 4 aliphatic rings. The van der Waals surface area contributed by atoms with Crippen LogP contribution in [0.3, 0.4) is 0 Å². The molecule has 0 spiro atoms. The molecule has 0 amide bonds. The van der Waals surface area contributed by atoms with Crippen molar-refractivity contribution >= 4 is 39.2 Å². The van der Waals surface area contributed by atoms with Crippen molar-refractivity contribution in [2.24, 2.45) is 5.92 Å². The molecule has 0 saturated carbocycles. The Morgan fingerprint density at radius 2 is 2.15 bits per heavy atom. The Bertz CT molecular complexity index is 1160. The number of anilines is 3. The van der Waals surface area contributed by atoms with Gasteiger partial charge >= 0.3 is 0 Å². The lowest BCUT2D eigenvalue weighted by Crippen LogP contribution is -2.72. The van der Waals surface area contributed by atoms with Gasteiger partial charge in [-0.15, -0.1) is 11.3 Å². The van der Waals surface area contributed by atoms with Gasteiger partial charge in [0.25, 0.3) is 0 Å². The summed E-state index contributed by atoms with van der Waals surface area (Å²) >= 11 is 1.55. The first-order valence-electron chi connectivity index (χ1n) is 11.7. The van der Waals surface area contributed by atoms with Gasteiger partial charge in [-0.05, 0) is 39.0 Å². The zero-order valence-corrected chi connectivity index (χ0v) is 20.9. The van der Waals surface area contributed by atoms with Gasteiger partial charge in [0, 0.05) is 48.4 Å². The zero-order chi connectivity index (χ0) is 23.4. The quantitative estimate of drug-likeness (QED) is 0.591. The highest BCUT2D eigenvalue weighted by molar-refractivity contribution is 7.84. The lowest BCUT2D eigenvalue weighted by atomic mass is 9.83. The number of nitriles is 1. The molecule has 12 heteroatoms. The van der Waals surface area contributed by atoms with E-state index in [0.717, 1.165) is 47.9 Å².